The first-order valence-electron chi connectivity index (χ1n) is 10.1. The fourth-order valence-corrected chi connectivity index (χ4v) is 4.12. The van der Waals surface area contributed by atoms with Gasteiger partial charge in [0.15, 0.2) is 0 Å². The van der Waals surface area contributed by atoms with E-state index < -0.39 is 4.92 Å². The smallest absolute Gasteiger partial charge is 0.273 e. The molecule has 1 aliphatic heterocycles. The molecular formula is C23H24N4O3. The van der Waals surface area contributed by atoms with Gasteiger partial charge in [0, 0.05) is 54.8 Å². The van der Waals surface area contributed by atoms with E-state index in [0.29, 0.717) is 30.1 Å². The molecule has 0 saturated carbocycles. The predicted octanol–water partition coefficient (Wildman–Crippen LogP) is 4.32. The van der Waals surface area contributed by atoms with Crippen molar-refractivity contribution in [3.63, 3.8) is 0 Å². The van der Waals surface area contributed by atoms with Crippen LogP contribution >= 0.6 is 0 Å². The van der Waals surface area contributed by atoms with Crippen molar-refractivity contribution in [2.75, 3.05) is 13.1 Å². The van der Waals surface area contributed by atoms with E-state index in [1.807, 2.05) is 35.5 Å². The highest BCUT2D eigenvalue weighted by molar-refractivity contribution is 5.96. The molecule has 0 atom stereocenters. The molecule has 30 heavy (non-hydrogen) atoms. The van der Waals surface area contributed by atoms with Crippen LogP contribution in [0.3, 0.4) is 0 Å². The number of piperidine rings is 1. The molecule has 0 bridgehead atoms. The molecule has 2 aromatic carbocycles. The number of nitro groups is 1. The Hall–Kier alpha value is -3.48. The lowest BCUT2D eigenvalue weighted by molar-refractivity contribution is -0.385. The Labute approximate surface area is 175 Å². The van der Waals surface area contributed by atoms with Gasteiger partial charge in [-0.1, -0.05) is 36.4 Å². The second-order valence-electron chi connectivity index (χ2n) is 7.71. The van der Waals surface area contributed by atoms with E-state index in [2.05, 4.69) is 21.7 Å². The average molecular weight is 404 g/mol. The maximum atomic E-state index is 12.9. The van der Waals surface area contributed by atoms with Gasteiger partial charge < -0.3 is 9.47 Å². The first kappa shape index (κ1) is 19.8. The highest BCUT2D eigenvalue weighted by atomic mass is 16.6. The molecule has 7 nitrogen and oxygen atoms in total. The molecule has 0 N–H and O–H groups in total. The molecule has 1 aliphatic rings. The van der Waals surface area contributed by atoms with Crippen LogP contribution in [0.4, 0.5) is 5.69 Å². The Balaban J connectivity index is 1.41. The van der Waals surface area contributed by atoms with E-state index in [4.69, 9.17) is 0 Å². The van der Waals surface area contributed by atoms with Crippen molar-refractivity contribution in [3.8, 4) is 11.4 Å². The normalized spacial score (nSPS) is 14.6. The quantitative estimate of drug-likeness (QED) is 0.468. The number of carbonyl (C=O) groups excluding carboxylic acids is 1. The van der Waals surface area contributed by atoms with E-state index in [1.165, 1.54) is 6.07 Å². The predicted molar refractivity (Wildman–Crippen MR) is 114 cm³/mol. The number of amides is 1. The van der Waals surface area contributed by atoms with Gasteiger partial charge in [-0.3, -0.25) is 14.9 Å². The van der Waals surface area contributed by atoms with Gasteiger partial charge in [-0.15, -0.1) is 0 Å². The summed E-state index contributed by atoms with van der Waals surface area (Å²) in [4.78, 5) is 30.0. The van der Waals surface area contributed by atoms with Gasteiger partial charge in [-0.25, -0.2) is 4.98 Å². The Kier molecular flexibility index (Phi) is 5.61. The van der Waals surface area contributed by atoms with Crippen LogP contribution in [0.5, 0.6) is 0 Å². The van der Waals surface area contributed by atoms with Crippen LogP contribution in [0.2, 0.25) is 0 Å². The van der Waals surface area contributed by atoms with Crippen molar-refractivity contribution in [2.24, 2.45) is 5.92 Å². The maximum absolute atomic E-state index is 12.9. The van der Waals surface area contributed by atoms with Crippen molar-refractivity contribution in [2.45, 2.75) is 26.3 Å². The molecule has 1 aromatic heterocycles. The van der Waals surface area contributed by atoms with Crippen molar-refractivity contribution in [1.82, 2.24) is 14.5 Å². The summed E-state index contributed by atoms with van der Waals surface area (Å²) in [6.07, 6.45) is 5.62. The maximum Gasteiger partial charge on any atom is 0.273 e. The van der Waals surface area contributed by atoms with Gasteiger partial charge in [0.1, 0.15) is 5.82 Å². The third-order valence-electron chi connectivity index (χ3n) is 5.84. The molecule has 1 saturated heterocycles. The number of aromatic nitrogens is 2. The number of nitrogens with zero attached hydrogens (tertiary/aromatic N) is 4. The van der Waals surface area contributed by atoms with Gasteiger partial charge in [0.25, 0.3) is 11.6 Å². The molecule has 4 rings (SSSR count). The molecule has 3 aromatic rings. The van der Waals surface area contributed by atoms with Crippen molar-refractivity contribution in [1.29, 1.82) is 0 Å². The monoisotopic (exact) mass is 404 g/mol. The summed E-state index contributed by atoms with van der Waals surface area (Å²) in [6, 6.07) is 14.8. The van der Waals surface area contributed by atoms with Gasteiger partial charge in [-0.05, 0) is 31.7 Å². The molecule has 7 heteroatoms. The Bertz CT molecular complexity index is 1050. The molecular weight excluding hydrogens is 380 g/mol. The molecule has 1 amide bonds. The number of benzene rings is 2. The zero-order chi connectivity index (χ0) is 21.1. The summed E-state index contributed by atoms with van der Waals surface area (Å²) in [6.45, 7) is 3.81. The second-order valence-corrected chi connectivity index (χ2v) is 7.71. The van der Waals surface area contributed by atoms with E-state index in [1.54, 1.807) is 19.1 Å². The summed E-state index contributed by atoms with van der Waals surface area (Å²) < 4.78 is 2.18. The number of hydrogen-bond donors (Lipinski definition) is 0. The molecule has 2 heterocycles. The number of imidazole rings is 1. The van der Waals surface area contributed by atoms with Crippen LogP contribution in [0.1, 0.15) is 28.8 Å². The Morgan fingerprint density at radius 1 is 1.13 bits per heavy atom. The van der Waals surface area contributed by atoms with E-state index in [9.17, 15) is 14.9 Å². The van der Waals surface area contributed by atoms with E-state index in [-0.39, 0.29) is 11.6 Å². The molecule has 0 aliphatic carbocycles. The van der Waals surface area contributed by atoms with Crippen LogP contribution < -0.4 is 0 Å². The van der Waals surface area contributed by atoms with Crippen LogP contribution in [0.15, 0.2) is 60.9 Å². The van der Waals surface area contributed by atoms with Crippen molar-refractivity contribution < 1.29 is 9.72 Å². The zero-order valence-corrected chi connectivity index (χ0v) is 16.9. The van der Waals surface area contributed by atoms with Gasteiger partial charge in [0.2, 0.25) is 0 Å². The molecule has 0 unspecified atom stereocenters. The Morgan fingerprint density at radius 2 is 1.87 bits per heavy atom. The second kappa shape index (κ2) is 8.49. The lowest BCUT2D eigenvalue weighted by atomic mass is 9.95. The summed E-state index contributed by atoms with van der Waals surface area (Å²) in [5.41, 5.74) is 1.93. The largest absolute Gasteiger partial charge is 0.339 e. The number of carbonyl (C=O) groups is 1. The number of likely N-dealkylation sites (tertiary alicyclic amines) is 1. The lowest BCUT2D eigenvalue weighted by Gasteiger charge is -2.32. The summed E-state index contributed by atoms with van der Waals surface area (Å²) in [5, 5.41) is 11.2. The molecule has 1 fully saturated rings. The minimum atomic E-state index is -0.437. The zero-order valence-electron chi connectivity index (χ0n) is 16.9. The first-order valence-corrected chi connectivity index (χ1v) is 10.1. The van der Waals surface area contributed by atoms with Crippen LogP contribution in [-0.4, -0.2) is 38.4 Å². The number of hydrogen-bond acceptors (Lipinski definition) is 4. The van der Waals surface area contributed by atoms with Gasteiger partial charge in [-0.2, -0.15) is 0 Å². The third kappa shape index (κ3) is 3.96. The summed E-state index contributed by atoms with van der Waals surface area (Å²) in [5.74, 6) is 1.29. The Morgan fingerprint density at radius 3 is 2.57 bits per heavy atom. The fraction of sp³-hybridized carbons (Fsp3) is 0.304. The lowest BCUT2D eigenvalue weighted by Crippen LogP contribution is -2.39. The molecule has 0 spiro atoms. The molecule has 0 radical (unpaired) electrons. The minimum Gasteiger partial charge on any atom is -0.339 e. The standard InChI is InChI=1S/C23H24N4O3/c1-17-20(8-5-9-21(17)27(29)30)23(28)25-13-10-18(11-14-25)16-26-15-12-24-22(26)19-6-3-2-4-7-19/h2-9,12,15,18H,10-11,13-14,16H2,1H3. The highest BCUT2D eigenvalue weighted by Gasteiger charge is 2.27. The van der Waals surface area contributed by atoms with Crippen LogP contribution in [0.25, 0.3) is 11.4 Å². The molecule has 154 valence electrons. The summed E-state index contributed by atoms with van der Waals surface area (Å²) in [7, 11) is 0. The van der Waals surface area contributed by atoms with Crippen molar-refractivity contribution >= 4 is 11.6 Å². The van der Waals surface area contributed by atoms with E-state index in [0.717, 1.165) is 30.8 Å². The van der Waals surface area contributed by atoms with Crippen LogP contribution in [-0.2, 0) is 6.54 Å². The van der Waals surface area contributed by atoms with Gasteiger partial charge in [0.05, 0.1) is 4.92 Å². The number of nitro benzene ring substituents is 1. The highest BCUT2D eigenvalue weighted by Crippen LogP contribution is 2.26. The first-order chi connectivity index (χ1) is 14.5. The van der Waals surface area contributed by atoms with Crippen molar-refractivity contribution in [3.05, 3.63) is 82.2 Å². The van der Waals surface area contributed by atoms with Gasteiger partial charge >= 0.3 is 0 Å². The third-order valence-corrected chi connectivity index (χ3v) is 5.84. The summed E-state index contributed by atoms with van der Waals surface area (Å²) >= 11 is 0. The van der Waals surface area contributed by atoms with Crippen LogP contribution in [0, 0.1) is 23.0 Å². The SMILES string of the molecule is Cc1c(C(=O)N2CCC(Cn3ccnc3-c3ccccc3)CC2)cccc1[N+](=O)[O-]. The fourth-order valence-electron chi connectivity index (χ4n) is 4.12. The minimum absolute atomic E-state index is 0.00992. The average Bonchev–Trinajstić information content (AvgIpc) is 3.22. The number of rotatable bonds is 5. The topological polar surface area (TPSA) is 81.3 Å². The van der Waals surface area contributed by atoms with E-state index >= 15 is 0 Å².